The van der Waals surface area contributed by atoms with Crippen molar-refractivity contribution in [3.05, 3.63) is 33.8 Å². The van der Waals surface area contributed by atoms with Crippen molar-refractivity contribution in [1.29, 1.82) is 0 Å². The Morgan fingerprint density at radius 2 is 1.74 bits per heavy atom. The Balaban J connectivity index is 2.01. The molecule has 0 aromatic heterocycles. The summed E-state index contributed by atoms with van der Waals surface area (Å²) in [4.78, 5) is 12.2. The van der Waals surface area contributed by atoms with Gasteiger partial charge in [-0.1, -0.05) is 48.5 Å². The van der Waals surface area contributed by atoms with E-state index in [9.17, 15) is 4.79 Å². The molecule has 1 aliphatic carbocycles. The second-order valence-electron chi connectivity index (χ2n) is 5.52. The Morgan fingerprint density at radius 3 is 2.32 bits per heavy atom. The number of carbonyl (C=O) groups is 1. The van der Waals surface area contributed by atoms with Gasteiger partial charge in [-0.05, 0) is 30.5 Å². The van der Waals surface area contributed by atoms with Gasteiger partial charge in [0.15, 0.2) is 0 Å². The van der Waals surface area contributed by atoms with E-state index in [4.69, 9.17) is 28.9 Å². The molecule has 0 spiro atoms. The molecule has 19 heavy (non-hydrogen) atoms. The number of halogens is 2. The van der Waals surface area contributed by atoms with Gasteiger partial charge in [0.25, 0.3) is 0 Å². The highest BCUT2D eigenvalue weighted by Crippen LogP contribution is 2.30. The lowest BCUT2D eigenvalue weighted by molar-refractivity contribution is -0.119. The van der Waals surface area contributed by atoms with Gasteiger partial charge in [0.05, 0.1) is 0 Å². The van der Waals surface area contributed by atoms with Crippen molar-refractivity contribution in [2.75, 3.05) is 0 Å². The number of nitrogens with two attached hydrogens (primary N) is 1. The van der Waals surface area contributed by atoms with Crippen molar-refractivity contribution in [1.82, 2.24) is 0 Å². The SMILES string of the molecule is NC1(CC(=O)Cc2c(Cl)cccc2Cl)CCCCC1. The fraction of sp³-hybridized carbons (Fsp3) is 0.533. The predicted octanol–water partition coefficient (Wildman–Crippen LogP) is 4.16. The summed E-state index contributed by atoms with van der Waals surface area (Å²) >= 11 is 12.2. The van der Waals surface area contributed by atoms with Crippen LogP contribution < -0.4 is 5.73 Å². The van der Waals surface area contributed by atoms with E-state index in [2.05, 4.69) is 0 Å². The van der Waals surface area contributed by atoms with Crippen LogP contribution in [0.5, 0.6) is 0 Å². The van der Waals surface area contributed by atoms with Crippen LogP contribution in [0, 0.1) is 0 Å². The molecule has 1 fully saturated rings. The first-order chi connectivity index (χ1) is 9.00. The summed E-state index contributed by atoms with van der Waals surface area (Å²) in [5.41, 5.74) is 6.70. The summed E-state index contributed by atoms with van der Waals surface area (Å²) in [6.45, 7) is 0. The molecule has 0 amide bonds. The Kier molecular flexibility index (Phi) is 4.88. The van der Waals surface area contributed by atoms with Gasteiger partial charge in [0.1, 0.15) is 5.78 Å². The van der Waals surface area contributed by atoms with E-state index in [0.717, 1.165) is 31.2 Å². The molecule has 0 bridgehead atoms. The zero-order valence-electron chi connectivity index (χ0n) is 10.9. The smallest absolute Gasteiger partial charge is 0.139 e. The molecule has 0 aliphatic heterocycles. The van der Waals surface area contributed by atoms with Crippen LogP contribution in [-0.2, 0) is 11.2 Å². The predicted molar refractivity (Wildman–Crippen MR) is 79.8 cm³/mol. The lowest BCUT2D eigenvalue weighted by Gasteiger charge is -2.32. The number of ketones is 1. The van der Waals surface area contributed by atoms with Gasteiger partial charge in [-0.15, -0.1) is 0 Å². The molecule has 0 unspecified atom stereocenters. The third-order valence-electron chi connectivity index (χ3n) is 3.83. The molecule has 104 valence electrons. The van der Waals surface area contributed by atoms with E-state index in [0.29, 0.717) is 16.5 Å². The number of carbonyl (C=O) groups excluding carboxylic acids is 1. The zero-order valence-corrected chi connectivity index (χ0v) is 12.4. The quantitative estimate of drug-likeness (QED) is 0.907. The van der Waals surface area contributed by atoms with Crippen molar-refractivity contribution in [3.63, 3.8) is 0 Å². The van der Waals surface area contributed by atoms with Crippen LogP contribution in [0.3, 0.4) is 0 Å². The second kappa shape index (κ2) is 6.25. The lowest BCUT2D eigenvalue weighted by atomic mass is 9.78. The molecule has 1 aromatic rings. The summed E-state index contributed by atoms with van der Waals surface area (Å²) in [7, 11) is 0. The van der Waals surface area contributed by atoms with Crippen LogP contribution >= 0.6 is 23.2 Å². The number of Topliss-reactive ketones (excluding diaryl/α,β-unsaturated/α-hetero) is 1. The topological polar surface area (TPSA) is 43.1 Å². The lowest BCUT2D eigenvalue weighted by Crippen LogP contribution is -2.43. The molecular weight excluding hydrogens is 281 g/mol. The first-order valence-corrected chi connectivity index (χ1v) is 7.49. The van der Waals surface area contributed by atoms with Crippen LogP contribution in [0.4, 0.5) is 0 Å². The zero-order chi connectivity index (χ0) is 13.9. The number of rotatable bonds is 4. The molecule has 2 rings (SSSR count). The minimum Gasteiger partial charge on any atom is -0.325 e. The fourth-order valence-electron chi connectivity index (χ4n) is 2.79. The largest absolute Gasteiger partial charge is 0.325 e. The van der Waals surface area contributed by atoms with E-state index in [1.807, 2.05) is 0 Å². The van der Waals surface area contributed by atoms with E-state index in [1.54, 1.807) is 18.2 Å². The average Bonchev–Trinajstić information content (AvgIpc) is 2.34. The molecule has 1 saturated carbocycles. The molecule has 0 heterocycles. The molecular formula is C15H19Cl2NO. The van der Waals surface area contributed by atoms with Crippen LogP contribution in [0.15, 0.2) is 18.2 Å². The molecule has 4 heteroatoms. The summed E-state index contributed by atoms with van der Waals surface area (Å²) in [5.74, 6) is 0.124. The Labute approximate surface area is 124 Å². The molecule has 0 atom stereocenters. The van der Waals surface area contributed by atoms with Crippen LogP contribution in [-0.4, -0.2) is 11.3 Å². The normalized spacial score (nSPS) is 18.3. The van der Waals surface area contributed by atoms with Crippen molar-refractivity contribution in [2.24, 2.45) is 5.73 Å². The molecule has 2 nitrogen and oxygen atoms in total. The Bertz CT molecular complexity index is 447. The maximum atomic E-state index is 12.2. The van der Waals surface area contributed by atoms with E-state index >= 15 is 0 Å². The summed E-state index contributed by atoms with van der Waals surface area (Å²) in [6.07, 6.45) is 6.05. The molecule has 2 N–H and O–H groups in total. The maximum Gasteiger partial charge on any atom is 0.139 e. The standard InChI is InChI=1S/C15H19Cl2NO/c16-13-5-4-6-14(17)12(13)9-11(19)10-15(18)7-2-1-3-8-15/h4-6H,1-3,7-10,18H2. The van der Waals surface area contributed by atoms with Gasteiger partial charge < -0.3 is 5.73 Å². The van der Waals surface area contributed by atoms with Gasteiger partial charge >= 0.3 is 0 Å². The van der Waals surface area contributed by atoms with Gasteiger partial charge in [0.2, 0.25) is 0 Å². The van der Waals surface area contributed by atoms with E-state index in [1.165, 1.54) is 6.42 Å². The number of hydrogen-bond acceptors (Lipinski definition) is 2. The van der Waals surface area contributed by atoms with E-state index < -0.39 is 0 Å². The molecule has 1 aliphatic rings. The minimum atomic E-state index is -0.316. The third kappa shape index (κ3) is 3.95. The second-order valence-corrected chi connectivity index (χ2v) is 6.33. The van der Waals surface area contributed by atoms with Crippen LogP contribution in [0.1, 0.15) is 44.1 Å². The molecule has 0 saturated heterocycles. The maximum absolute atomic E-state index is 12.2. The highest BCUT2D eigenvalue weighted by molar-refractivity contribution is 6.36. The van der Waals surface area contributed by atoms with E-state index in [-0.39, 0.29) is 17.7 Å². The average molecular weight is 300 g/mol. The Morgan fingerprint density at radius 1 is 1.16 bits per heavy atom. The highest BCUT2D eigenvalue weighted by atomic mass is 35.5. The van der Waals surface area contributed by atoms with Crippen molar-refractivity contribution in [2.45, 2.75) is 50.5 Å². The summed E-state index contributed by atoms with van der Waals surface area (Å²) in [5, 5.41) is 1.10. The van der Waals surface area contributed by atoms with Crippen molar-refractivity contribution < 1.29 is 4.79 Å². The Hall–Kier alpha value is -0.570. The van der Waals surface area contributed by atoms with Gasteiger partial charge in [-0.2, -0.15) is 0 Å². The first kappa shape index (κ1) is 14.8. The van der Waals surface area contributed by atoms with Gasteiger partial charge in [0, 0.05) is 28.4 Å². The monoisotopic (exact) mass is 299 g/mol. The number of benzene rings is 1. The summed E-state index contributed by atoms with van der Waals surface area (Å²) < 4.78 is 0. The number of hydrogen-bond donors (Lipinski definition) is 1. The fourth-order valence-corrected chi connectivity index (χ4v) is 3.32. The van der Waals surface area contributed by atoms with Gasteiger partial charge in [-0.25, -0.2) is 0 Å². The minimum absolute atomic E-state index is 0.124. The van der Waals surface area contributed by atoms with Crippen LogP contribution in [0.2, 0.25) is 10.0 Å². The third-order valence-corrected chi connectivity index (χ3v) is 4.54. The highest BCUT2D eigenvalue weighted by Gasteiger charge is 2.30. The first-order valence-electron chi connectivity index (χ1n) is 6.74. The van der Waals surface area contributed by atoms with Crippen molar-refractivity contribution in [3.8, 4) is 0 Å². The van der Waals surface area contributed by atoms with Crippen molar-refractivity contribution >= 4 is 29.0 Å². The molecule has 0 radical (unpaired) electrons. The van der Waals surface area contributed by atoms with Crippen LogP contribution in [0.25, 0.3) is 0 Å². The molecule has 1 aromatic carbocycles. The summed E-state index contributed by atoms with van der Waals surface area (Å²) in [6, 6.07) is 5.30. The van der Waals surface area contributed by atoms with Gasteiger partial charge in [-0.3, -0.25) is 4.79 Å².